The van der Waals surface area contributed by atoms with Crippen LogP contribution in [0.25, 0.3) is 10.8 Å². The second kappa shape index (κ2) is 4.03. The molecule has 0 aliphatic carbocycles. The van der Waals surface area contributed by atoms with Crippen LogP contribution in [0.3, 0.4) is 0 Å². The molecule has 1 N–H and O–H groups in total. The van der Waals surface area contributed by atoms with E-state index in [1.165, 1.54) is 18.2 Å². The molecule has 0 fully saturated rings. The molecule has 0 heterocycles. The first-order valence-corrected chi connectivity index (χ1v) is 5.48. The van der Waals surface area contributed by atoms with E-state index < -0.39 is 11.8 Å². The van der Waals surface area contributed by atoms with Crippen molar-refractivity contribution in [1.82, 2.24) is 0 Å². The molecular weight excluding hydrogens is 298 g/mol. The molecule has 0 bridgehead atoms. The van der Waals surface area contributed by atoms with E-state index in [0.717, 1.165) is 0 Å². The van der Waals surface area contributed by atoms with Crippen LogP contribution >= 0.6 is 27.5 Å². The molecule has 2 nitrogen and oxygen atoms in total. The third kappa shape index (κ3) is 1.90. The topological polar surface area (TPSA) is 37.3 Å². The van der Waals surface area contributed by atoms with Gasteiger partial charge < -0.3 is 5.11 Å². The lowest BCUT2D eigenvalue weighted by Gasteiger charge is -2.04. The van der Waals surface area contributed by atoms with Crippen LogP contribution in [0.5, 0.6) is 0 Å². The van der Waals surface area contributed by atoms with Gasteiger partial charge in [-0.05, 0) is 51.0 Å². The van der Waals surface area contributed by atoms with E-state index in [1.807, 2.05) is 0 Å². The highest BCUT2D eigenvalue weighted by Crippen LogP contribution is 2.28. The monoisotopic (exact) mass is 302 g/mol. The molecule has 0 spiro atoms. The van der Waals surface area contributed by atoms with E-state index in [9.17, 15) is 9.18 Å². The minimum atomic E-state index is -1.13. The van der Waals surface area contributed by atoms with Crippen molar-refractivity contribution >= 4 is 44.3 Å². The Morgan fingerprint density at radius 2 is 1.88 bits per heavy atom. The van der Waals surface area contributed by atoms with Gasteiger partial charge in [0, 0.05) is 0 Å². The minimum Gasteiger partial charge on any atom is -0.478 e. The maximum absolute atomic E-state index is 13.3. The SMILES string of the molecule is O=C(O)c1cc2cc(F)c(Br)cc2cc1Cl. The fraction of sp³-hybridized carbons (Fsp3) is 0. The van der Waals surface area contributed by atoms with Crippen LogP contribution in [0.2, 0.25) is 5.02 Å². The number of halogens is 3. The Morgan fingerprint density at radius 1 is 1.25 bits per heavy atom. The van der Waals surface area contributed by atoms with Gasteiger partial charge in [0.25, 0.3) is 0 Å². The van der Waals surface area contributed by atoms with Crippen LogP contribution in [0, 0.1) is 5.82 Å². The fourth-order valence-corrected chi connectivity index (χ4v) is 2.04. The van der Waals surface area contributed by atoms with Gasteiger partial charge in [0.15, 0.2) is 0 Å². The highest BCUT2D eigenvalue weighted by molar-refractivity contribution is 9.10. The molecule has 5 heteroatoms. The minimum absolute atomic E-state index is 0.0316. The van der Waals surface area contributed by atoms with E-state index in [-0.39, 0.29) is 10.6 Å². The maximum atomic E-state index is 13.3. The highest BCUT2D eigenvalue weighted by atomic mass is 79.9. The Hall–Kier alpha value is -1.13. The number of carboxylic acids is 1. The molecule has 2 rings (SSSR count). The van der Waals surface area contributed by atoms with Gasteiger partial charge in [0.2, 0.25) is 0 Å². The molecule has 2 aromatic rings. The molecule has 0 amide bonds. The summed E-state index contributed by atoms with van der Waals surface area (Å²) < 4.78 is 13.6. The summed E-state index contributed by atoms with van der Waals surface area (Å²) in [6, 6.07) is 5.68. The average Bonchev–Trinajstić information content (AvgIpc) is 2.19. The summed E-state index contributed by atoms with van der Waals surface area (Å²) >= 11 is 8.85. The van der Waals surface area contributed by atoms with E-state index in [1.54, 1.807) is 6.07 Å². The molecule has 82 valence electrons. The molecule has 0 aliphatic rings. The van der Waals surface area contributed by atoms with Crippen LogP contribution in [0.15, 0.2) is 28.7 Å². The summed E-state index contributed by atoms with van der Waals surface area (Å²) in [5.41, 5.74) is -0.0316. The van der Waals surface area contributed by atoms with E-state index in [2.05, 4.69) is 15.9 Å². The third-order valence-corrected chi connectivity index (χ3v) is 3.12. The number of carbonyl (C=O) groups is 1. The zero-order chi connectivity index (χ0) is 11.9. The van der Waals surface area contributed by atoms with Crippen LogP contribution in [0.4, 0.5) is 4.39 Å². The van der Waals surface area contributed by atoms with E-state index in [4.69, 9.17) is 16.7 Å². The number of hydrogen-bond acceptors (Lipinski definition) is 1. The van der Waals surface area contributed by atoms with Crippen LogP contribution in [-0.4, -0.2) is 11.1 Å². The molecule has 0 aromatic heterocycles. The smallest absolute Gasteiger partial charge is 0.337 e. The van der Waals surface area contributed by atoms with Gasteiger partial charge >= 0.3 is 5.97 Å². The fourth-order valence-electron chi connectivity index (χ4n) is 1.43. The summed E-state index contributed by atoms with van der Waals surface area (Å²) in [6.45, 7) is 0. The van der Waals surface area contributed by atoms with Crippen molar-refractivity contribution in [1.29, 1.82) is 0 Å². The van der Waals surface area contributed by atoms with Crippen molar-refractivity contribution in [2.24, 2.45) is 0 Å². The number of carboxylic acid groups (broad SMARTS) is 1. The molecule has 0 atom stereocenters. The zero-order valence-electron chi connectivity index (χ0n) is 7.80. The highest BCUT2D eigenvalue weighted by Gasteiger charge is 2.11. The number of hydrogen-bond donors (Lipinski definition) is 1. The molecule has 16 heavy (non-hydrogen) atoms. The lowest BCUT2D eigenvalue weighted by Crippen LogP contribution is -1.97. The summed E-state index contributed by atoms with van der Waals surface area (Å²) in [4.78, 5) is 10.8. The van der Waals surface area contributed by atoms with Crippen molar-refractivity contribution in [2.75, 3.05) is 0 Å². The van der Waals surface area contributed by atoms with Gasteiger partial charge in [-0.3, -0.25) is 0 Å². The largest absolute Gasteiger partial charge is 0.478 e. The molecule has 0 aliphatic heterocycles. The predicted octanol–water partition coefficient (Wildman–Crippen LogP) is 4.09. The molecule has 0 saturated heterocycles. The third-order valence-electron chi connectivity index (χ3n) is 2.20. The number of benzene rings is 2. The number of fused-ring (bicyclic) bond motifs is 1. The number of rotatable bonds is 1. The van der Waals surface area contributed by atoms with Gasteiger partial charge in [-0.25, -0.2) is 9.18 Å². The second-order valence-corrected chi connectivity index (χ2v) is 4.51. The molecular formula is C11H5BrClFO2. The van der Waals surface area contributed by atoms with Crippen molar-refractivity contribution in [2.45, 2.75) is 0 Å². The zero-order valence-corrected chi connectivity index (χ0v) is 10.1. The molecule has 0 unspecified atom stereocenters. The van der Waals surface area contributed by atoms with Gasteiger partial charge in [-0.2, -0.15) is 0 Å². The lowest BCUT2D eigenvalue weighted by molar-refractivity contribution is 0.0697. The lowest BCUT2D eigenvalue weighted by atomic mass is 10.1. The maximum Gasteiger partial charge on any atom is 0.337 e. The van der Waals surface area contributed by atoms with E-state index in [0.29, 0.717) is 15.2 Å². The van der Waals surface area contributed by atoms with Crippen molar-refractivity contribution in [3.05, 3.63) is 45.1 Å². The molecule has 0 saturated carbocycles. The summed E-state index contributed by atoms with van der Waals surface area (Å²) in [5, 5.41) is 10.2. The standard InChI is InChI=1S/C11H5BrClFO2/c12-8-2-6-3-9(13)7(11(15)16)1-5(6)4-10(8)14/h1-4H,(H,15,16). The van der Waals surface area contributed by atoms with Crippen LogP contribution in [-0.2, 0) is 0 Å². The van der Waals surface area contributed by atoms with Crippen molar-refractivity contribution in [3.63, 3.8) is 0 Å². The first-order chi connectivity index (χ1) is 7.49. The van der Waals surface area contributed by atoms with Crippen molar-refractivity contribution in [3.8, 4) is 0 Å². The predicted molar refractivity (Wildman–Crippen MR) is 63.6 cm³/mol. The Bertz CT molecular complexity index is 598. The van der Waals surface area contributed by atoms with Gasteiger partial charge in [0.1, 0.15) is 5.82 Å². The Balaban J connectivity index is 2.79. The Kier molecular flexibility index (Phi) is 2.86. The summed E-state index contributed by atoms with van der Waals surface area (Å²) in [6.07, 6.45) is 0. The van der Waals surface area contributed by atoms with Crippen LogP contribution < -0.4 is 0 Å². The summed E-state index contributed by atoms with van der Waals surface area (Å²) in [7, 11) is 0. The summed E-state index contributed by atoms with van der Waals surface area (Å²) in [5.74, 6) is -1.57. The first kappa shape index (κ1) is 11.4. The second-order valence-electron chi connectivity index (χ2n) is 3.25. The normalized spacial score (nSPS) is 10.7. The Morgan fingerprint density at radius 3 is 2.50 bits per heavy atom. The van der Waals surface area contributed by atoms with Gasteiger partial charge in [-0.15, -0.1) is 0 Å². The van der Waals surface area contributed by atoms with Gasteiger partial charge in [0.05, 0.1) is 15.1 Å². The van der Waals surface area contributed by atoms with Gasteiger partial charge in [-0.1, -0.05) is 11.6 Å². The quantitative estimate of drug-likeness (QED) is 0.861. The van der Waals surface area contributed by atoms with Crippen LogP contribution in [0.1, 0.15) is 10.4 Å². The molecule has 2 aromatic carbocycles. The van der Waals surface area contributed by atoms with Crippen molar-refractivity contribution < 1.29 is 14.3 Å². The average molecular weight is 304 g/mol. The first-order valence-electron chi connectivity index (χ1n) is 4.30. The Labute approximate surface area is 104 Å². The molecule has 0 radical (unpaired) electrons. The number of aromatic carboxylic acids is 1. The van der Waals surface area contributed by atoms with E-state index >= 15 is 0 Å².